The molecule has 1 heterocycles. The lowest BCUT2D eigenvalue weighted by molar-refractivity contribution is 0.370. The number of nitrogens with zero attached hydrogens (tertiary/aromatic N) is 3. The van der Waals surface area contributed by atoms with Gasteiger partial charge in [-0.15, -0.1) is 0 Å². The van der Waals surface area contributed by atoms with E-state index in [4.69, 9.17) is 21.6 Å². The number of anilines is 1. The van der Waals surface area contributed by atoms with Crippen LogP contribution < -0.4 is 10.1 Å². The minimum Gasteiger partial charge on any atom is -0.481 e. The second kappa shape index (κ2) is 5.85. The maximum atomic E-state index is 9.09. The molecule has 1 N–H and O–H groups in total. The lowest BCUT2D eigenvalue weighted by Crippen LogP contribution is -2.04. The number of rotatable bonds is 4. The van der Waals surface area contributed by atoms with Gasteiger partial charge in [-0.25, -0.2) is 4.68 Å². The first-order valence-corrected chi connectivity index (χ1v) is 6.44. The van der Waals surface area contributed by atoms with Crippen LogP contribution in [0.25, 0.3) is 0 Å². The Bertz CT molecular complexity index is 673. The average Bonchev–Trinajstić information content (AvgIpc) is 2.70. The van der Waals surface area contributed by atoms with Crippen LogP contribution in [0.15, 0.2) is 18.2 Å². The third kappa shape index (κ3) is 2.70. The fraction of sp³-hybridized carbons (Fsp3) is 0.286. The predicted octanol–water partition coefficient (Wildman–Crippen LogP) is 2.87. The number of aromatic nitrogens is 2. The molecule has 0 aliphatic heterocycles. The van der Waals surface area contributed by atoms with E-state index in [1.165, 1.54) is 0 Å². The third-order valence-corrected chi connectivity index (χ3v) is 3.27. The molecule has 0 atom stereocenters. The second-order valence-corrected chi connectivity index (χ2v) is 4.79. The number of ether oxygens (including phenoxy) is 1. The third-order valence-electron chi connectivity index (χ3n) is 3.04. The summed E-state index contributed by atoms with van der Waals surface area (Å²) in [6.45, 7) is 2.43. The Hall–Kier alpha value is -2.19. The molecule has 0 saturated carbocycles. The Morgan fingerprint density at radius 1 is 1.50 bits per heavy atom. The van der Waals surface area contributed by atoms with Crippen LogP contribution in [-0.4, -0.2) is 16.9 Å². The highest BCUT2D eigenvalue weighted by atomic mass is 35.5. The lowest BCUT2D eigenvalue weighted by Gasteiger charge is -2.10. The van der Waals surface area contributed by atoms with Crippen molar-refractivity contribution in [3.63, 3.8) is 0 Å². The molecule has 0 unspecified atom stereocenters. The molecule has 0 bridgehead atoms. The van der Waals surface area contributed by atoms with Gasteiger partial charge in [0.25, 0.3) is 0 Å². The molecule has 1 aromatic heterocycles. The Morgan fingerprint density at radius 3 is 2.90 bits per heavy atom. The number of halogens is 1. The molecule has 0 aliphatic carbocycles. The number of nitrogens with one attached hydrogen (secondary N) is 1. The molecule has 0 saturated heterocycles. The Kier molecular flexibility index (Phi) is 4.16. The molecule has 0 radical (unpaired) electrons. The summed E-state index contributed by atoms with van der Waals surface area (Å²) >= 11 is 5.96. The molecular weight excluding hydrogens is 276 g/mol. The first kappa shape index (κ1) is 14.2. The molecule has 2 rings (SSSR count). The van der Waals surface area contributed by atoms with Crippen LogP contribution in [0.1, 0.15) is 16.8 Å². The minimum atomic E-state index is 0.512. The lowest BCUT2D eigenvalue weighted by atomic mass is 10.2. The van der Waals surface area contributed by atoms with E-state index in [2.05, 4.69) is 16.5 Å². The average molecular weight is 291 g/mol. The van der Waals surface area contributed by atoms with Crippen molar-refractivity contribution in [1.29, 1.82) is 5.26 Å². The number of methoxy groups -OCH3 is 1. The number of aryl methyl sites for hydroxylation is 2. The fourth-order valence-electron chi connectivity index (χ4n) is 2.08. The smallest absolute Gasteiger partial charge is 0.216 e. The SMILES string of the molecule is COc1c(CNc2cc(Cl)ccc2C#N)c(C)nn1C. The Labute approximate surface area is 122 Å². The van der Waals surface area contributed by atoms with Crippen molar-refractivity contribution >= 4 is 17.3 Å². The van der Waals surface area contributed by atoms with Crippen molar-refractivity contribution in [2.75, 3.05) is 12.4 Å². The van der Waals surface area contributed by atoms with Crippen molar-refractivity contribution < 1.29 is 4.74 Å². The van der Waals surface area contributed by atoms with Gasteiger partial charge in [-0.05, 0) is 25.1 Å². The van der Waals surface area contributed by atoms with Gasteiger partial charge in [-0.3, -0.25) is 0 Å². The van der Waals surface area contributed by atoms with Crippen molar-refractivity contribution in [2.24, 2.45) is 7.05 Å². The van der Waals surface area contributed by atoms with Gasteiger partial charge in [0, 0.05) is 18.6 Å². The molecule has 0 spiro atoms. The van der Waals surface area contributed by atoms with Gasteiger partial charge in [0.05, 0.1) is 29.6 Å². The van der Waals surface area contributed by atoms with E-state index in [-0.39, 0.29) is 0 Å². The topological polar surface area (TPSA) is 62.9 Å². The molecule has 104 valence electrons. The summed E-state index contributed by atoms with van der Waals surface area (Å²) in [7, 11) is 3.44. The summed E-state index contributed by atoms with van der Waals surface area (Å²) in [5.74, 6) is 0.704. The number of hydrogen-bond acceptors (Lipinski definition) is 4. The van der Waals surface area contributed by atoms with Crippen molar-refractivity contribution in [2.45, 2.75) is 13.5 Å². The molecule has 1 aromatic carbocycles. The summed E-state index contributed by atoms with van der Waals surface area (Å²) in [5, 5.41) is 17.2. The normalized spacial score (nSPS) is 10.2. The highest BCUT2D eigenvalue weighted by molar-refractivity contribution is 6.30. The molecule has 0 amide bonds. The van der Waals surface area contributed by atoms with E-state index < -0.39 is 0 Å². The maximum Gasteiger partial charge on any atom is 0.216 e. The van der Waals surface area contributed by atoms with Gasteiger partial charge in [-0.2, -0.15) is 10.4 Å². The van der Waals surface area contributed by atoms with Gasteiger partial charge >= 0.3 is 0 Å². The van der Waals surface area contributed by atoms with Crippen LogP contribution in [0.5, 0.6) is 5.88 Å². The monoisotopic (exact) mass is 290 g/mol. The zero-order valence-corrected chi connectivity index (χ0v) is 12.3. The summed E-state index contributed by atoms with van der Waals surface area (Å²) < 4.78 is 7.03. The van der Waals surface area contributed by atoms with E-state index in [1.807, 2.05) is 14.0 Å². The molecule has 0 aliphatic rings. The van der Waals surface area contributed by atoms with Crippen LogP contribution in [0, 0.1) is 18.3 Å². The summed E-state index contributed by atoms with van der Waals surface area (Å²) in [4.78, 5) is 0. The zero-order valence-electron chi connectivity index (χ0n) is 11.6. The largest absolute Gasteiger partial charge is 0.481 e. The van der Waals surface area contributed by atoms with Crippen molar-refractivity contribution in [1.82, 2.24) is 9.78 Å². The van der Waals surface area contributed by atoms with E-state index in [0.29, 0.717) is 28.7 Å². The van der Waals surface area contributed by atoms with Crippen molar-refractivity contribution in [3.8, 4) is 11.9 Å². The fourth-order valence-corrected chi connectivity index (χ4v) is 2.26. The molecule has 0 fully saturated rings. The second-order valence-electron chi connectivity index (χ2n) is 4.35. The number of hydrogen-bond donors (Lipinski definition) is 1. The molecule has 6 heteroatoms. The van der Waals surface area contributed by atoms with E-state index in [9.17, 15) is 0 Å². The highest BCUT2D eigenvalue weighted by Gasteiger charge is 2.14. The summed E-state index contributed by atoms with van der Waals surface area (Å²) in [6.07, 6.45) is 0. The zero-order chi connectivity index (χ0) is 14.7. The predicted molar refractivity (Wildman–Crippen MR) is 78.0 cm³/mol. The minimum absolute atomic E-state index is 0.512. The van der Waals surface area contributed by atoms with E-state index >= 15 is 0 Å². The summed E-state index contributed by atoms with van der Waals surface area (Å²) in [5.41, 5.74) is 3.09. The standard InChI is InChI=1S/C14H15ClN4O/c1-9-12(14(20-3)19(2)18-9)8-17-13-6-11(15)5-4-10(13)7-16/h4-6,17H,8H2,1-3H3. The van der Waals surface area contributed by atoms with Gasteiger partial charge in [0.15, 0.2) is 0 Å². The quantitative estimate of drug-likeness (QED) is 0.940. The number of benzene rings is 1. The maximum absolute atomic E-state index is 9.09. The molecule has 20 heavy (non-hydrogen) atoms. The van der Waals surface area contributed by atoms with Crippen molar-refractivity contribution in [3.05, 3.63) is 40.0 Å². The van der Waals surface area contributed by atoms with Gasteiger partial charge < -0.3 is 10.1 Å². The first-order chi connectivity index (χ1) is 9.56. The summed E-state index contributed by atoms with van der Waals surface area (Å²) in [6, 6.07) is 7.26. The van der Waals surface area contributed by atoms with Gasteiger partial charge in [0.2, 0.25) is 5.88 Å². The highest BCUT2D eigenvalue weighted by Crippen LogP contribution is 2.25. The van der Waals surface area contributed by atoms with Crippen LogP contribution in [0.3, 0.4) is 0 Å². The van der Waals surface area contributed by atoms with Crippen LogP contribution in [0.4, 0.5) is 5.69 Å². The van der Waals surface area contributed by atoms with Gasteiger partial charge in [0.1, 0.15) is 6.07 Å². The molecule has 5 nitrogen and oxygen atoms in total. The Morgan fingerprint density at radius 2 is 2.25 bits per heavy atom. The van der Waals surface area contributed by atoms with Crippen LogP contribution in [0.2, 0.25) is 5.02 Å². The molecular formula is C14H15ClN4O. The van der Waals surface area contributed by atoms with E-state index in [0.717, 1.165) is 11.3 Å². The molecule has 2 aromatic rings. The van der Waals surface area contributed by atoms with Crippen LogP contribution in [-0.2, 0) is 13.6 Å². The van der Waals surface area contributed by atoms with Crippen LogP contribution >= 0.6 is 11.6 Å². The van der Waals surface area contributed by atoms with Gasteiger partial charge in [-0.1, -0.05) is 11.6 Å². The Balaban J connectivity index is 2.26. The number of nitriles is 1. The first-order valence-electron chi connectivity index (χ1n) is 6.06. The van der Waals surface area contributed by atoms with E-state index in [1.54, 1.807) is 30.0 Å².